The molecular weight excluding hydrogens is 768 g/mol. The molecule has 0 atom stereocenters. The van der Waals surface area contributed by atoms with Gasteiger partial charge in [0.1, 0.15) is 0 Å². The van der Waals surface area contributed by atoms with E-state index < -0.39 is 5.78 Å². The highest BCUT2D eigenvalue weighted by Gasteiger charge is 2.14. The Hall–Kier alpha value is -3.90. The van der Waals surface area contributed by atoms with Crippen LogP contribution in [0.4, 0.5) is 5.69 Å². The van der Waals surface area contributed by atoms with Crippen LogP contribution in [0.5, 0.6) is 0 Å². The normalized spacial score (nSPS) is 9.60. The predicted octanol–water partition coefficient (Wildman–Crippen LogP) is 9.05. The van der Waals surface area contributed by atoms with E-state index in [9.17, 15) is 9.59 Å². The first kappa shape index (κ1) is 30.6. The average molecular weight is 780 g/mol. The van der Waals surface area contributed by atoms with Crippen molar-refractivity contribution in [2.45, 2.75) is 0 Å². The monoisotopic (exact) mass is 776 g/mol. The van der Waals surface area contributed by atoms with Gasteiger partial charge in [-0.2, -0.15) is 15.8 Å². The molecule has 0 bridgehead atoms. The summed E-state index contributed by atoms with van der Waals surface area (Å²) in [6, 6.07) is 25.0. The van der Waals surface area contributed by atoms with Gasteiger partial charge in [0, 0.05) is 45.7 Å². The zero-order chi connectivity index (χ0) is 29.4. The van der Waals surface area contributed by atoms with Crippen molar-refractivity contribution >= 4 is 81.0 Å². The Kier molecular flexibility index (Phi) is 10.7. The summed E-state index contributed by atoms with van der Waals surface area (Å²) < 4.78 is 3.48. The standard InChI is InChI=1S/C17H6N4O.C13H6Br4O/c1-21-16-6-13(10-20)5-15(7-16)17(22)14-3-11(8-18)2-12(4-14)9-19;14-9-1-7(2-10(15)5-9)13(18)8-3-11(16)6-12(17)4-8/h2-7H;1-6H. The number of hydrogen-bond donors (Lipinski definition) is 0. The Labute approximate surface area is 263 Å². The maximum atomic E-state index is 12.5. The first-order chi connectivity index (χ1) is 19.1. The van der Waals surface area contributed by atoms with E-state index >= 15 is 0 Å². The third-order valence-corrected chi connectivity index (χ3v) is 6.97. The van der Waals surface area contributed by atoms with Gasteiger partial charge in [-0.3, -0.25) is 9.59 Å². The molecule has 192 valence electrons. The Morgan fingerprint density at radius 1 is 0.525 bits per heavy atom. The van der Waals surface area contributed by atoms with Crippen molar-refractivity contribution in [3.63, 3.8) is 0 Å². The Morgan fingerprint density at radius 3 is 1.20 bits per heavy atom. The molecule has 0 saturated heterocycles. The van der Waals surface area contributed by atoms with Crippen molar-refractivity contribution in [1.82, 2.24) is 0 Å². The van der Waals surface area contributed by atoms with Gasteiger partial charge in [0.15, 0.2) is 17.3 Å². The van der Waals surface area contributed by atoms with Crippen molar-refractivity contribution in [2.24, 2.45) is 0 Å². The fourth-order valence-corrected chi connectivity index (χ4v) is 6.05. The first-order valence-electron chi connectivity index (χ1n) is 11.0. The number of nitrogens with zero attached hydrogens (tertiary/aromatic N) is 4. The predicted molar refractivity (Wildman–Crippen MR) is 164 cm³/mol. The number of nitriles is 3. The Bertz CT molecular complexity index is 1600. The summed E-state index contributed by atoms with van der Waals surface area (Å²) in [7, 11) is 0. The molecule has 0 aliphatic rings. The molecule has 0 saturated carbocycles. The number of carbonyl (C=O) groups is 2. The zero-order valence-corrected chi connectivity index (χ0v) is 26.4. The van der Waals surface area contributed by atoms with Crippen molar-refractivity contribution in [1.29, 1.82) is 15.8 Å². The summed E-state index contributed by atoms with van der Waals surface area (Å²) in [5, 5.41) is 26.8. The molecule has 0 heterocycles. The van der Waals surface area contributed by atoms with Gasteiger partial charge in [0.2, 0.25) is 0 Å². The molecule has 0 aliphatic heterocycles. The first-order valence-corrected chi connectivity index (χ1v) is 14.1. The van der Waals surface area contributed by atoms with Crippen LogP contribution in [0.1, 0.15) is 48.5 Å². The smallest absolute Gasteiger partial charge is 0.193 e. The summed E-state index contributed by atoms with van der Waals surface area (Å²) in [5.74, 6) is -0.463. The van der Waals surface area contributed by atoms with Crippen LogP contribution >= 0.6 is 63.7 Å². The number of halogens is 4. The number of benzene rings is 4. The van der Waals surface area contributed by atoms with Crippen LogP contribution in [0.25, 0.3) is 4.85 Å². The minimum atomic E-state index is -0.449. The van der Waals surface area contributed by atoms with Crippen molar-refractivity contribution in [3.8, 4) is 18.2 Å². The van der Waals surface area contributed by atoms with E-state index in [1.807, 2.05) is 54.6 Å². The lowest BCUT2D eigenvalue weighted by molar-refractivity contribution is 0.103. The second-order valence-electron chi connectivity index (χ2n) is 7.99. The summed E-state index contributed by atoms with van der Waals surface area (Å²) in [4.78, 5) is 28.1. The number of rotatable bonds is 4. The molecule has 0 amide bonds. The van der Waals surface area contributed by atoms with Crippen LogP contribution in [-0.4, -0.2) is 11.6 Å². The second kappa shape index (κ2) is 13.9. The van der Waals surface area contributed by atoms with Gasteiger partial charge in [-0.05, 0) is 72.8 Å². The molecule has 0 spiro atoms. The van der Waals surface area contributed by atoms with Crippen LogP contribution in [0.2, 0.25) is 0 Å². The van der Waals surface area contributed by atoms with Gasteiger partial charge in [-0.15, -0.1) is 0 Å². The topological polar surface area (TPSA) is 110 Å². The molecule has 6 nitrogen and oxygen atoms in total. The fraction of sp³-hybridized carbons (Fsp3) is 0. The Morgan fingerprint density at radius 2 is 0.850 bits per heavy atom. The van der Waals surface area contributed by atoms with Crippen molar-refractivity contribution < 1.29 is 9.59 Å². The van der Waals surface area contributed by atoms with E-state index in [1.165, 1.54) is 36.4 Å². The van der Waals surface area contributed by atoms with E-state index in [4.69, 9.17) is 22.4 Å². The molecule has 0 fully saturated rings. The zero-order valence-electron chi connectivity index (χ0n) is 20.0. The van der Waals surface area contributed by atoms with Gasteiger partial charge in [-0.25, -0.2) is 4.85 Å². The van der Waals surface area contributed by atoms with E-state index in [1.54, 1.807) is 0 Å². The molecule has 0 N–H and O–H groups in total. The summed E-state index contributed by atoms with van der Waals surface area (Å²) in [5.41, 5.74) is 2.40. The van der Waals surface area contributed by atoms with Crippen LogP contribution in [0.3, 0.4) is 0 Å². The third-order valence-electron chi connectivity index (χ3n) is 5.14. The second-order valence-corrected chi connectivity index (χ2v) is 11.7. The van der Waals surface area contributed by atoms with Gasteiger partial charge < -0.3 is 0 Å². The molecule has 4 rings (SSSR count). The summed E-state index contributed by atoms with van der Waals surface area (Å²) in [6.45, 7) is 7.00. The van der Waals surface area contributed by atoms with Crippen molar-refractivity contribution in [2.75, 3.05) is 0 Å². The fourth-order valence-electron chi connectivity index (χ4n) is 3.46. The number of ketones is 2. The third kappa shape index (κ3) is 8.06. The molecule has 0 unspecified atom stereocenters. The van der Waals surface area contributed by atoms with Gasteiger partial charge in [0.25, 0.3) is 0 Å². The van der Waals surface area contributed by atoms with Crippen LogP contribution in [0.15, 0.2) is 90.7 Å². The molecule has 0 radical (unpaired) electrons. The van der Waals surface area contributed by atoms with Gasteiger partial charge in [0.05, 0.1) is 35.9 Å². The highest BCUT2D eigenvalue weighted by Crippen LogP contribution is 2.26. The summed E-state index contributed by atoms with van der Waals surface area (Å²) >= 11 is 13.5. The number of carbonyl (C=O) groups excluding carboxylic acids is 2. The maximum Gasteiger partial charge on any atom is 0.193 e. The van der Waals surface area contributed by atoms with E-state index in [-0.39, 0.29) is 39.3 Å². The van der Waals surface area contributed by atoms with E-state index in [0.29, 0.717) is 11.1 Å². The molecule has 10 heteroatoms. The highest BCUT2D eigenvalue weighted by molar-refractivity contribution is 9.11. The lowest BCUT2D eigenvalue weighted by Gasteiger charge is -2.05. The minimum Gasteiger partial charge on any atom is -0.289 e. The maximum absolute atomic E-state index is 12.5. The lowest BCUT2D eigenvalue weighted by Crippen LogP contribution is -2.03. The highest BCUT2D eigenvalue weighted by atomic mass is 79.9. The largest absolute Gasteiger partial charge is 0.289 e. The lowest BCUT2D eigenvalue weighted by atomic mass is 9.97. The number of hydrogen-bond acceptors (Lipinski definition) is 5. The molecular formula is C30H12Br4N4O2. The van der Waals surface area contributed by atoms with Gasteiger partial charge >= 0.3 is 0 Å². The quantitative estimate of drug-likeness (QED) is 0.152. The molecule has 4 aromatic rings. The molecule has 40 heavy (non-hydrogen) atoms. The van der Waals surface area contributed by atoms with E-state index in [2.05, 4.69) is 68.6 Å². The SMILES string of the molecule is O=C(c1cc(Br)cc(Br)c1)c1cc(Br)cc(Br)c1.[C-]#[N+]c1cc(C#N)cc(C(=O)c2cc(C#N)cc(C#N)c2)c1. The molecule has 4 aromatic carbocycles. The summed E-state index contributed by atoms with van der Waals surface area (Å²) in [6.07, 6.45) is 0. The van der Waals surface area contributed by atoms with Crippen LogP contribution < -0.4 is 0 Å². The van der Waals surface area contributed by atoms with Crippen LogP contribution in [0, 0.1) is 40.6 Å². The van der Waals surface area contributed by atoms with Crippen molar-refractivity contribution in [3.05, 3.63) is 141 Å². The molecule has 0 aliphatic carbocycles. The minimum absolute atomic E-state index is 0.0148. The van der Waals surface area contributed by atoms with Crippen LogP contribution in [-0.2, 0) is 0 Å². The Balaban J connectivity index is 0.000000225. The van der Waals surface area contributed by atoms with Gasteiger partial charge in [-0.1, -0.05) is 63.7 Å². The molecule has 0 aromatic heterocycles. The van der Waals surface area contributed by atoms with E-state index in [0.717, 1.165) is 17.9 Å². The average Bonchev–Trinajstić information content (AvgIpc) is 2.94.